The second-order valence-electron chi connectivity index (χ2n) is 8.73. The van der Waals surface area contributed by atoms with E-state index < -0.39 is 18.0 Å². The van der Waals surface area contributed by atoms with E-state index in [2.05, 4.69) is 5.32 Å². The Labute approximate surface area is 222 Å². The van der Waals surface area contributed by atoms with Gasteiger partial charge in [-0.05, 0) is 61.0 Å². The first-order valence-corrected chi connectivity index (χ1v) is 12.4. The Kier molecular flexibility index (Phi) is 6.42. The number of fused-ring (bicyclic) bond motifs is 2. The second kappa shape index (κ2) is 10.3. The maximum Gasteiger partial charge on any atom is 0.338 e. The molecular weight excluding hydrogens is 502 g/mol. The molecule has 0 saturated heterocycles. The molecule has 39 heavy (non-hydrogen) atoms. The quantitative estimate of drug-likeness (QED) is 0.274. The van der Waals surface area contributed by atoms with Crippen LogP contribution in [0.5, 0.6) is 11.5 Å². The molecule has 3 aromatic heterocycles. The van der Waals surface area contributed by atoms with Crippen molar-refractivity contribution in [2.24, 2.45) is 0 Å². The zero-order valence-corrected chi connectivity index (χ0v) is 20.9. The lowest BCUT2D eigenvalue weighted by Gasteiger charge is -2.20. The summed E-state index contributed by atoms with van der Waals surface area (Å²) in [4.78, 5) is 35.4. The van der Waals surface area contributed by atoms with Crippen molar-refractivity contribution in [3.8, 4) is 34.4 Å². The van der Waals surface area contributed by atoms with Gasteiger partial charge in [0.25, 0.3) is 5.91 Å². The van der Waals surface area contributed by atoms with E-state index in [0.29, 0.717) is 64.3 Å². The monoisotopic (exact) mass is 525 g/mol. The number of carbonyl (C=O) groups is 2. The first kappa shape index (κ1) is 24.2. The lowest BCUT2D eigenvalue weighted by Crippen LogP contribution is -2.32. The molecule has 0 spiro atoms. The molecule has 1 aliphatic heterocycles. The second-order valence-corrected chi connectivity index (χ2v) is 8.73. The molecule has 0 aliphatic carbocycles. The van der Waals surface area contributed by atoms with Crippen LogP contribution in [-0.4, -0.2) is 41.2 Å². The lowest BCUT2D eigenvalue weighted by atomic mass is 10.1. The molecule has 1 aliphatic rings. The molecule has 10 heteroatoms. The minimum atomic E-state index is -1.01. The predicted octanol–water partition coefficient (Wildman–Crippen LogP) is 5.50. The lowest BCUT2D eigenvalue weighted by molar-refractivity contribution is -0.124. The van der Waals surface area contributed by atoms with Crippen LogP contribution in [0, 0.1) is 0 Å². The third-order valence-corrected chi connectivity index (χ3v) is 6.13. The largest absolute Gasteiger partial charge is 0.486 e. The van der Waals surface area contributed by atoms with Crippen LogP contribution in [0.15, 0.2) is 82.0 Å². The number of amides is 1. The van der Waals surface area contributed by atoms with Crippen molar-refractivity contribution in [3.05, 3.63) is 78.8 Å². The van der Waals surface area contributed by atoms with Gasteiger partial charge in [0.15, 0.2) is 29.1 Å². The maximum absolute atomic E-state index is 13.1. The van der Waals surface area contributed by atoms with E-state index in [4.69, 9.17) is 33.0 Å². The van der Waals surface area contributed by atoms with Crippen LogP contribution in [0.1, 0.15) is 23.7 Å². The van der Waals surface area contributed by atoms with E-state index in [-0.39, 0.29) is 12.0 Å². The van der Waals surface area contributed by atoms with Crippen molar-refractivity contribution in [1.82, 2.24) is 9.97 Å². The summed E-state index contributed by atoms with van der Waals surface area (Å²) in [7, 11) is 0. The highest BCUT2D eigenvalue weighted by Crippen LogP contribution is 2.33. The summed E-state index contributed by atoms with van der Waals surface area (Å²) in [5.74, 6) is 1.10. The molecule has 0 bridgehead atoms. The van der Waals surface area contributed by atoms with Crippen LogP contribution in [0.4, 0.5) is 5.69 Å². The number of nitrogens with one attached hydrogen (secondary N) is 1. The van der Waals surface area contributed by atoms with Crippen molar-refractivity contribution >= 4 is 28.6 Å². The average molecular weight is 526 g/mol. The number of anilines is 1. The van der Waals surface area contributed by atoms with Gasteiger partial charge in [-0.15, -0.1) is 0 Å². The number of furan rings is 2. The Morgan fingerprint density at radius 2 is 1.56 bits per heavy atom. The highest BCUT2D eigenvalue weighted by atomic mass is 16.6. The molecule has 0 saturated carbocycles. The van der Waals surface area contributed by atoms with Gasteiger partial charge >= 0.3 is 5.97 Å². The number of aromatic nitrogens is 2. The number of carbonyl (C=O) groups excluding carboxylic acids is 2. The molecule has 0 radical (unpaired) electrons. The number of esters is 1. The SMILES string of the molecule is CCC(OC(=O)c1ccc2nc(-c3ccco3)c(-c3ccco3)nc2c1)C(=O)Nc1ccc2c(c1)OCCO2. The molecule has 1 N–H and O–H groups in total. The van der Waals surface area contributed by atoms with Crippen LogP contribution in [-0.2, 0) is 9.53 Å². The van der Waals surface area contributed by atoms with E-state index in [1.807, 2.05) is 0 Å². The molecule has 196 valence electrons. The summed E-state index contributed by atoms with van der Waals surface area (Å²) >= 11 is 0. The Hall–Kier alpha value is -5.12. The van der Waals surface area contributed by atoms with Crippen LogP contribution in [0.25, 0.3) is 33.9 Å². The minimum absolute atomic E-state index is 0.235. The summed E-state index contributed by atoms with van der Waals surface area (Å²) in [5, 5.41) is 2.78. The molecule has 1 amide bonds. The smallest absolute Gasteiger partial charge is 0.338 e. The maximum atomic E-state index is 13.1. The molecule has 0 fully saturated rings. The number of hydrogen-bond acceptors (Lipinski definition) is 9. The summed E-state index contributed by atoms with van der Waals surface area (Å²) in [6.07, 6.45) is 2.37. The first-order chi connectivity index (χ1) is 19.1. The number of benzene rings is 2. The van der Waals surface area contributed by atoms with Gasteiger partial charge in [0.1, 0.15) is 24.6 Å². The van der Waals surface area contributed by atoms with Crippen LogP contribution < -0.4 is 14.8 Å². The number of hydrogen-bond donors (Lipinski definition) is 1. The first-order valence-electron chi connectivity index (χ1n) is 12.4. The molecule has 1 atom stereocenters. The normalized spacial score (nSPS) is 13.2. The molecule has 6 rings (SSSR count). The van der Waals surface area contributed by atoms with Crippen molar-refractivity contribution in [1.29, 1.82) is 0 Å². The molecule has 4 heterocycles. The highest BCUT2D eigenvalue weighted by Gasteiger charge is 2.24. The molecule has 5 aromatic rings. The van der Waals surface area contributed by atoms with E-state index >= 15 is 0 Å². The third kappa shape index (κ3) is 4.91. The van der Waals surface area contributed by atoms with Gasteiger partial charge in [-0.2, -0.15) is 0 Å². The Balaban J connectivity index is 1.23. The van der Waals surface area contributed by atoms with Crippen LogP contribution in [0.3, 0.4) is 0 Å². The molecule has 10 nitrogen and oxygen atoms in total. The van der Waals surface area contributed by atoms with Gasteiger partial charge in [-0.25, -0.2) is 14.8 Å². The summed E-state index contributed by atoms with van der Waals surface area (Å²) < 4.78 is 27.8. The summed E-state index contributed by atoms with van der Waals surface area (Å²) in [6, 6.07) is 17.0. The third-order valence-electron chi connectivity index (χ3n) is 6.13. The van der Waals surface area contributed by atoms with E-state index in [9.17, 15) is 9.59 Å². The van der Waals surface area contributed by atoms with Gasteiger partial charge in [0.2, 0.25) is 0 Å². The Morgan fingerprint density at radius 1 is 0.872 bits per heavy atom. The van der Waals surface area contributed by atoms with E-state index in [0.717, 1.165) is 0 Å². The topological polar surface area (TPSA) is 126 Å². The summed E-state index contributed by atoms with van der Waals surface area (Å²) in [5.41, 5.74) is 2.74. The zero-order chi connectivity index (χ0) is 26.8. The molecule has 2 aromatic carbocycles. The van der Waals surface area contributed by atoms with Crippen molar-refractivity contribution in [2.45, 2.75) is 19.4 Å². The van der Waals surface area contributed by atoms with Gasteiger partial charge < -0.3 is 28.4 Å². The standard InChI is InChI=1S/C29H23N3O7/c1-2-21(28(33)30-18-8-10-22-25(16-18)38-14-13-37-22)39-29(34)17-7-9-19-20(15-17)32-27(24-6-4-12-36-24)26(31-19)23-5-3-11-35-23/h3-12,15-16,21H,2,13-14H2,1H3,(H,30,33). The Bertz CT molecular complexity index is 1650. The molecular formula is C29H23N3O7. The number of ether oxygens (including phenoxy) is 3. The zero-order valence-electron chi connectivity index (χ0n) is 20.9. The minimum Gasteiger partial charge on any atom is -0.486 e. The fourth-order valence-electron chi connectivity index (χ4n) is 4.21. The van der Waals surface area contributed by atoms with Crippen molar-refractivity contribution < 1.29 is 32.6 Å². The van der Waals surface area contributed by atoms with Gasteiger partial charge in [0, 0.05) is 11.8 Å². The van der Waals surface area contributed by atoms with Crippen molar-refractivity contribution in [2.75, 3.05) is 18.5 Å². The Morgan fingerprint density at radius 3 is 2.23 bits per heavy atom. The number of nitrogens with zero attached hydrogens (tertiary/aromatic N) is 2. The fourth-order valence-corrected chi connectivity index (χ4v) is 4.21. The average Bonchev–Trinajstić information content (AvgIpc) is 3.70. The molecule has 1 unspecified atom stereocenters. The van der Waals surface area contributed by atoms with Gasteiger partial charge in [-0.1, -0.05) is 6.92 Å². The van der Waals surface area contributed by atoms with Crippen LogP contribution >= 0.6 is 0 Å². The number of rotatable bonds is 7. The van der Waals surface area contributed by atoms with Gasteiger partial charge in [-0.3, -0.25) is 4.79 Å². The van der Waals surface area contributed by atoms with E-state index in [1.54, 1.807) is 80.1 Å². The van der Waals surface area contributed by atoms with Crippen molar-refractivity contribution in [3.63, 3.8) is 0 Å². The van der Waals surface area contributed by atoms with E-state index in [1.165, 1.54) is 0 Å². The predicted molar refractivity (Wildman–Crippen MR) is 140 cm³/mol. The summed E-state index contributed by atoms with van der Waals surface area (Å²) in [6.45, 7) is 2.67. The van der Waals surface area contributed by atoms with Crippen LogP contribution in [0.2, 0.25) is 0 Å². The van der Waals surface area contributed by atoms with Gasteiger partial charge in [0.05, 0.1) is 29.1 Å². The highest BCUT2D eigenvalue weighted by molar-refractivity contribution is 5.99. The fraction of sp³-hybridized carbons (Fsp3) is 0.172.